The summed E-state index contributed by atoms with van der Waals surface area (Å²) in [5.41, 5.74) is 1.77. The average Bonchev–Trinajstić information content (AvgIpc) is 2.77. The first-order chi connectivity index (χ1) is 9.80. The van der Waals surface area contributed by atoms with Gasteiger partial charge in [-0.1, -0.05) is 30.0 Å². The lowest BCUT2D eigenvalue weighted by molar-refractivity contribution is -0.195. The maximum absolute atomic E-state index is 12.3. The Hall–Kier alpha value is -1.54. The van der Waals surface area contributed by atoms with E-state index in [4.69, 9.17) is 5.11 Å². The van der Waals surface area contributed by atoms with Crippen molar-refractivity contribution in [3.8, 4) is 5.69 Å². The van der Waals surface area contributed by atoms with E-state index >= 15 is 0 Å². The molecule has 1 N–H and O–H groups in total. The molecule has 0 aliphatic heterocycles. The number of thioether (sulfide) groups is 1. The number of halogens is 3. The van der Waals surface area contributed by atoms with E-state index < -0.39 is 18.0 Å². The van der Waals surface area contributed by atoms with Crippen LogP contribution >= 0.6 is 11.8 Å². The third-order valence-corrected chi connectivity index (χ3v) is 3.90. The molecule has 0 unspecified atom stereocenters. The fourth-order valence-electron chi connectivity index (χ4n) is 1.78. The number of para-hydroxylation sites is 1. The second-order valence-electron chi connectivity index (χ2n) is 4.52. The van der Waals surface area contributed by atoms with E-state index in [9.17, 15) is 13.2 Å². The summed E-state index contributed by atoms with van der Waals surface area (Å²) in [5.74, 6) is 0.0568. The van der Waals surface area contributed by atoms with Crippen LogP contribution in [0.25, 0.3) is 5.69 Å². The number of benzene rings is 1. The van der Waals surface area contributed by atoms with Gasteiger partial charge >= 0.3 is 6.18 Å². The Bertz CT molecular complexity index is 627. The third kappa shape index (κ3) is 3.56. The van der Waals surface area contributed by atoms with E-state index in [-0.39, 0.29) is 0 Å². The van der Waals surface area contributed by atoms with Crippen LogP contribution in [0.1, 0.15) is 11.4 Å². The molecule has 4 nitrogen and oxygen atoms in total. The molecule has 0 spiro atoms. The standard InChI is InChI=1S/C13H14F3N3OS/c1-8-5-3-4-6-10(8)19-9(2)17-18-12(19)21-7-11(20)13(14,15)16/h3-6,11,20H,7H2,1-2H3/t11-/m0/s1. The summed E-state index contributed by atoms with van der Waals surface area (Å²) in [6.07, 6.45) is -7.01. The lowest BCUT2D eigenvalue weighted by Gasteiger charge is -2.15. The minimum atomic E-state index is -4.63. The molecule has 0 fully saturated rings. The molecular weight excluding hydrogens is 303 g/mol. The Morgan fingerprint density at radius 1 is 1.24 bits per heavy atom. The number of hydrogen-bond acceptors (Lipinski definition) is 4. The zero-order chi connectivity index (χ0) is 15.6. The van der Waals surface area contributed by atoms with Crippen LogP contribution in [0.3, 0.4) is 0 Å². The quantitative estimate of drug-likeness (QED) is 0.881. The van der Waals surface area contributed by atoms with Crippen molar-refractivity contribution < 1.29 is 18.3 Å². The van der Waals surface area contributed by atoms with Crippen molar-refractivity contribution in [1.82, 2.24) is 14.8 Å². The SMILES string of the molecule is Cc1ccccc1-n1c(C)nnc1SC[C@H](O)C(F)(F)F. The van der Waals surface area contributed by atoms with Crippen molar-refractivity contribution in [1.29, 1.82) is 0 Å². The molecule has 0 aliphatic rings. The molecular formula is C13H14F3N3OS. The maximum atomic E-state index is 12.3. The average molecular weight is 317 g/mol. The molecule has 114 valence electrons. The fraction of sp³-hybridized carbons (Fsp3) is 0.385. The molecule has 8 heteroatoms. The highest BCUT2D eigenvalue weighted by molar-refractivity contribution is 7.99. The summed E-state index contributed by atoms with van der Waals surface area (Å²) < 4.78 is 38.7. The van der Waals surface area contributed by atoms with E-state index in [0.29, 0.717) is 11.0 Å². The lowest BCUT2D eigenvalue weighted by Crippen LogP contribution is -2.30. The molecule has 2 aromatic rings. The molecule has 0 saturated carbocycles. The zero-order valence-corrected chi connectivity index (χ0v) is 12.2. The molecule has 0 radical (unpaired) electrons. The summed E-state index contributed by atoms with van der Waals surface area (Å²) in [4.78, 5) is 0. The molecule has 0 bridgehead atoms. The Labute approximate surface area is 124 Å². The van der Waals surface area contributed by atoms with Crippen LogP contribution in [0, 0.1) is 13.8 Å². The van der Waals surface area contributed by atoms with E-state index in [1.165, 1.54) is 0 Å². The molecule has 2 rings (SSSR count). The van der Waals surface area contributed by atoms with Gasteiger partial charge in [-0.15, -0.1) is 10.2 Å². The van der Waals surface area contributed by atoms with Gasteiger partial charge in [0.15, 0.2) is 11.3 Å². The molecule has 0 saturated heterocycles. The molecule has 1 heterocycles. The van der Waals surface area contributed by atoms with Crippen LogP contribution in [0.15, 0.2) is 29.4 Å². The third-order valence-electron chi connectivity index (χ3n) is 2.90. The van der Waals surface area contributed by atoms with Gasteiger partial charge in [0.1, 0.15) is 5.82 Å². The number of aryl methyl sites for hydroxylation is 2. The van der Waals surface area contributed by atoms with Gasteiger partial charge in [-0.3, -0.25) is 4.57 Å². The minimum absolute atomic E-state index is 0.324. The van der Waals surface area contributed by atoms with Gasteiger partial charge in [0.05, 0.1) is 5.69 Å². The minimum Gasteiger partial charge on any atom is -0.383 e. The molecule has 1 aromatic carbocycles. The summed E-state index contributed by atoms with van der Waals surface area (Å²) in [6.45, 7) is 3.62. The van der Waals surface area contributed by atoms with E-state index in [1.807, 2.05) is 31.2 Å². The van der Waals surface area contributed by atoms with Gasteiger partial charge in [-0.2, -0.15) is 13.2 Å². The summed E-state index contributed by atoms with van der Waals surface area (Å²) in [5, 5.41) is 17.2. The first kappa shape index (κ1) is 15.8. The van der Waals surface area contributed by atoms with E-state index in [1.54, 1.807) is 11.5 Å². The number of hydrogen-bond donors (Lipinski definition) is 1. The number of aliphatic hydroxyl groups is 1. The van der Waals surface area contributed by atoms with Gasteiger partial charge in [0.2, 0.25) is 0 Å². The predicted molar refractivity (Wildman–Crippen MR) is 73.6 cm³/mol. The summed E-state index contributed by atoms with van der Waals surface area (Å²) in [6, 6.07) is 7.45. The fourth-order valence-corrected chi connectivity index (χ4v) is 2.73. The van der Waals surface area contributed by atoms with E-state index in [2.05, 4.69) is 10.2 Å². The van der Waals surface area contributed by atoms with Gasteiger partial charge in [-0.25, -0.2) is 0 Å². The largest absolute Gasteiger partial charge is 0.415 e. The summed E-state index contributed by atoms with van der Waals surface area (Å²) in [7, 11) is 0. The highest BCUT2D eigenvalue weighted by Gasteiger charge is 2.38. The highest BCUT2D eigenvalue weighted by atomic mass is 32.2. The monoisotopic (exact) mass is 317 g/mol. The Morgan fingerprint density at radius 2 is 1.90 bits per heavy atom. The van der Waals surface area contributed by atoms with Crippen molar-refractivity contribution in [3.05, 3.63) is 35.7 Å². The number of alkyl halides is 3. The summed E-state index contributed by atoms with van der Waals surface area (Å²) >= 11 is 0.826. The van der Waals surface area contributed by atoms with Crippen molar-refractivity contribution in [2.45, 2.75) is 31.3 Å². The molecule has 1 aromatic heterocycles. The molecule has 21 heavy (non-hydrogen) atoms. The number of aliphatic hydroxyl groups excluding tert-OH is 1. The Balaban J connectivity index is 2.26. The van der Waals surface area contributed by atoms with Gasteiger partial charge in [0.25, 0.3) is 0 Å². The van der Waals surface area contributed by atoms with Crippen LogP contribution in [-0.4, -0.2) is 37.9 Å². The van der Waals surface area contributed by atoms with Crippen molar-refractivity contribution in [2.24, 2.45) is 0 Å². The maximum Gasteiger partial charge on any atom is 0.415 e. The van der Waals surface area contributed by atoms with Crippen molar-refractivity contribution in [3.63, 3.8) is 0 Å². The second kappa shape index (κ2) is 6.07. The van der Waals surface area contributed by atoms with Crippen LogP contribution < -0.4 is 0 Å². The smallest absolute Gasteiger partial charge is 0.383 e. The zero-order valence-electron chi connectivity index (χ0n) is 11.4. The normalized spacial score (nSPS) is 13.4. The van der Waals surface area contributed by atoms with Crippen LogP contribution in [0.2, 0.25) is 0 Å². The number of nitrogens with zero attached hydrogens (tertiary/aromatic N) is 3. The Morgan fingerprint density at radius 3 is 2.52 bits per heavy atom. The first-order valence-corrected chi connectivity index (χ1v) is 7.15. The second-order valence-corrected chi connectivity index (χ2v) is 5.51. The molecule has 1 atom stereocenters. The van der Waals surface area contributed by atoms with Crippen molar-refractivity contribution >= 4 is 11.8 Å². The van der Waals surface area contributed by atoms with Crippen LogP contribution in [-0.2, 0) is 0 Å². The first-order valence-electron chi connectivity index (χ1n) is 6.16. The highest BCUT2D eigenvalue weighted by Crippen LogP contribution is 2.28. The van der Waals surface area contributed by atoms with Crippen LogP contribution in [0.4, 0.5) is 13.2 Å². The van der Waals surface area contributed by atoms with Gasteiger partial charge < -0.3 is 5.11 Å². The molecule has 0 aliphatic carbocycles. The topological polar surface area (TPSA) is 50.9 Å². The number of rotatable bonds is 4. The number of aromatic nitrogens is 3. The van der Waals surface area contributed by atoms with Gasteiger partial charge in [0, 0.05) is 5.75 Å². The van der Waals surface area contributed by atoms with E-state index in [0.717, 1.165) is 23.0 Å². The molecule has 0 amide bonds. The Kier molecular flexibility index (Phi) is 4.58. The lowest BCUT2D eigenvalue weighted by atomic mass is 10.2. The van der Waals surface area contributed by atoms with Gasteiger partial charge in [-0.05, 0) is 25.5 Å². The van der Waals surface area contributed by atoms with Crippen molar-refractivity contribution in [2.75, 3.05) is 5.75 Å². The predicted octanol–water partition coefficient (Wildman–Crippen LogP) is 2.90. The van der Waals surface area contributed by atoms with Crippen LogP contribution in [0.5, 0.6) is 0 Å².